The van der Waals surface area contributed by atoms with Crippen LogP contribution in [-0.4, -0.2) is 57.8 Å². The molecule has 1 aliphatic rings. The van der Waals surface area contributed by atoms with Crippen LogP contribution in [0, 0.1) is 5.92 Å². The third kappa shape index (κ3) is 7.29. The highest BCUT2D eigenvalue weighted by Gasteiger charge is 2.15. The summed E-state index contributed by atoms with van der Waals surface area (Å²) in [5.41, 5.74) is 0.926. The number of guanidine groups is 1. The Morgan fingerprint density at radius 2 is 2.04 bits per heavy atom. The highest BCUT2D eigenvalue weighted by atomic mass is 16.5. The van der Waals surface area contributed by atoms with Crippen molar-refractivity contribution in [2.45, 2.75) is 39.5 Å². The molecular weight excluding hydrogens is 340 g/mol. The minimum atomic E-state index is 0.703. The molecule has 6 nitrogen and oxygen atoms in total. The topological polar surface area (TPSA) is 58.1 Å². The molecule has 0 radical (unpaired) electrons. The first-order chi connectivity index (χ1) is 13.2. The van der Waals surface area contributed by atoms with E-state index in [0.29, 0.717) is 5.75 Å². The molecule has 1 saturated heterocycles. The van der Waals surface area contributed by atoms with Gasteiger partial charge in [0.1, 0.15) is 0 Å². The number of hydrogen-bond acceptors (Lipinski definition) is 4. The van der Waals surface area contributed by atoms with Crippen LogP contribution in [0.5, 0.6) is 11.5 Å². The average Bonchev–Trinajstić information content (AvgIpc) is 2.67. The Morgan fingerprint density at radius 1 is 1.22 bits per heavy atom. The fourth-order valence-corrected chi connectivity index (χ4v) is 3.49. The van der Waals surface area contributed by atoms with Gasteiger partial charge in [0.05, 0.1) is 14.2 Å². The van der Waals surface area contributed by atoms with Crippen LogP contribution in [0.4, 0.5) is 5.69 Å². The lowest BCUT2D eigenvalue weighted by Crippen LogP contribution is -2.35. The van der Waals surface area contributed by atoms with Crippen molar-refractivity contribution in [2.75, 3.05) is 52.3 Å². The van der Waals surface area contributed by atoms with Crippen molar-refractivity contribution in [3.8, 4) is 11.5 Å². The van der Waals surface area contributed by atoms with Gasteiger partial charge in [-0.15, -0.1) is 0 Å². The molecule has 1 aromatic carbocycles. The number of likely N-dealkylation sites (tertiary alicyclic amines) is 1. The van der Waals surface area contributed by atoms with E-state index in [1.165, 1.54) is 38.9 Å². The minimum Gasteiger partial charge on any atom is -0.493 e. The van der Waals surface area contributed by atoms with E-state index in [-0.39, 0.29) is 0 Å². The van der Waals surface area contributed by atoms with Crippen LogP contribution >= 0.6 is 0 Å². The van der Waals surface area contributed by atoms with Gasteiger partial charge in [-0.25, -0.2) is 0 Å². The van der Waals surface area contributed by atoms with Gasteiger partial charge in [0, 0.05) is 31.4 Å². The van der Waals surface area contributed by atoms with Crippen molar-refractivity contribution in [3.63, 3.8) is 0 Å². The lowest BCUT2D eigenvalue weighted by atomic mass is 10.0. The summed E-state index contributed by atoms with van der Waals surface area (Å²) in [6.07, 6.45) is 5.03. The predicted octanol–water partition coefficient (Wildman–Crippen LogP) is 3.59. The number of rotatable bonds is 9. The maximum Gasteiger partial charge on any atom is 0.195 e. The van der Waals surface area contributed by atoms with Crippen molar-refractivity contribution in [3.05, 3.63) is 18.2 Å². The van der Waals surface area contributed by atoms with Crippen LogP contribution in [0.15, 0.2) is 23.2 Å². The molecule has 152 valence electrons. The molecule has 1 unspecified atom stereocenters. The third-order valence-electron chi connectivity index (χ3n) is 4.88. The van der Waals surface area contributed by atoms with Gasteiger partial charge in [0.15, 0.2) is 17.5 Å². The van der Waals surface area contributed by atoms with Gasteiger partial charge in [-0.05, 0) is 63.7 Å². The summed E-state index contributed by atoms with van der Waals surface area (Å²) in [6, 6.07) is 5.78. The summed E-state index contributed by atoms with van der Waals surface area (Å²) in [5.74, 6) is 3.07. The number of nitrogens with zero attached hydrogens (tertiary/aromatic N) is 2. The molecule has 6 heteroatoms. The summed E-state index contributed by atoms with van der Waals surface area (Å²) >= 11 is 0. The number of piperidine rings is 1. The summed E-state index contributed by atoms with van der Waals surface area (Å²) in [4.78, 5) is 7.31. The van der Waals surface area contributed by atoms with Crippen LogP contribution in [-0.2, 0) is 0 Å². The van der Waals surface area contributed by atoms with Gasteiger partial charge in [-0.2, -0.15) is 0 Å². The zero-order valence-electron chi connectivity index (χ0n) is 17.4. The molecule has 2 rings (SSSR count). The number of benzene rings is 1. The van der Waals surface area contributed by atoms with Crippen LogP contribution in [0.3, 0.4) is 0 Å². The molecule has 1 aliphatic heterocycles. The second-order valence-electron chi connectivity index (χ2n) is 7.21. The fourth-order valence-electron chi connectivity index (χ4n) is 3.49. The largest absolute Gasteiger partial charge is 0.493 e. The van der Waals surface area contributed by atoms with Crippen LogP contribution in [0.1, 0.15) is 39.5 Å². The highest BCUT2D eigenvalue weighted by molar-refractivity contribution is 5.93. The molecule has 0 aliphatic carbocycles. The van der Waals surface area contributed by atoms with Crippen LogP contribution < -0.4 is 20.1 Å². The number of hydrogen-bond donors (Lipinski definition) is 2. The molecule has 0 bridgehead atoms. The van der Waals surface area contributed by atoms with E-state index in [1.807, 2.05) is 18.2 Å². The zero-order valence-corrected chi connectivity index (χ0v) is 17.4. The molecule has 1 heterocycles. The summed E-state index contributed by atoms with van der Waals surface area (Å²) in [5, 5.41) is 6.64. The number of methoxy groups -OCH3 is 2. The molecule has 0 spiro atoms. The molecule has 1 fully saturated rings. The lowest BCUT2D eigenvalue weighted by Gasteiger charge is -2.30. The predicted molar refractivity (Wildman–Crippen MR) is 113 cm³/mol. The van der Waals surface area contributed by atoms with E-state index in [4.69, 9.17) is 14.5 Å². The summed E-state index contributed by atoms with van der Waals surface area (Å²) in [7, 11) is 3.28. The normalized spacial score (nSPS) is 18.2. The third-order valence-corrected chi connectivity index (χ3v) is 4.88. The lowest BCUT2D eigenvalue weighted by molar-refractivity contribution is 0.181. The second kappa shape index (κ2) is 11.7. The maximum atomic E-state index is 5.37. The average molecular weight is 377 g/mol. The van der Waals surface area contributed by atoms with Crippen molar-refractivity contribution in [1.29, 1.82) is 0 Å². The fraction of sp³-hybridized carbons (Fsp3) is 0.667. The summed E-state index contributed by atoms with van der Waals surface area (Å²) in [6.45, 7) is 9.79. The van der Waals surface area contributed by atoms with E-state index < -0.39 is 0 Å². The van der Waals surface area contributed by atoms with Gasteiger partial charge in [-0.1, -0.05) is 6.92 Å². The number of anilines is 1. The monoisotopic (exact) mass is 376 g/mol. The first-order valence-corrected chi connectivity index (χ1v) is 10.2. The zero-order chi connectivity index (χ0) is 19.5. The molecule has 0 saturated carbocycles. The molecule has 0 amide bonds. The van der Waals surface area contributed by atoms with Gasteiger partial charge in [-0.3, -0.25) is 4.99 Å². The van der Waals surface area contributed by atoms with E-state index in [0.717, 1.165) is 42.8 Å². The standard InChI is InChI=1S/C21H36N4O2/c1-5-22-21(24-18-10-11-19(26-3)20(15-18)27-4)23-12-6-7-13-25-14-8-9-17(2)16-25/h10-11,15,17H,5-9,12-14,16H2,1-4H3,(H2,22,23,24). The van der Waals surface area contributed by atoms with E-state index in [9.17, 15) is 0 Å². The Bertz CT molecular complexity index is 592. The van der Waals surface area contributed by atoms with E-state index >= 15 is 0 Å². The molecule has 2 N–H and O–H groups in total. The van der Waals surface area contributed by atoms with Gasteiger partial charge >= 0.3 is 0 Å². The number of unbranched alkanes of at least 4 members (excludes halogenated alkanes) is 1. The Balaban J connectivity index is 1.81. The van der Waals surface area contributed by atoms with E-state index in [1.54, 1.807) is 14.2 Å². The first-order valence-electron chi connectivity index (χ1n) is 10.2. The SMILES string of the molecule is CCNC(=NCCCCN1CCCC(C)C1)Nc1ccc(OC)c(OC)c1. The molecular formula is C21H36N4O2. The van der Waals surface area contributed by atoms with Gasteiger partial charge in [0.25, 0.3) is 0 Å². The van der Waals surface area contributed by atoms with Gasteiger partial charge in [0.2, 0.25) is 0 Å². The van der Waals surface area contributed by atoms with Crippen molar-refractivity contribution >= 4 is 11.6 Å². The van der Waals surface area contributed by atoms with Crippen LogP contribution in [0.2, 0.25) is 0 Å². The minimum absolute atomic E-state index is 0.703. The molecule has 27 heavy (non-hydrogen) atoms. The maximum absolute atomic E-state index is 5.37. The number of aliphatic imine (C=N–C) groups is 1. The first kappa shape index (κ1) is 21.4. The van der Waals surface area contributed by atoms with Gasteiger partial charge < -0.3 is 25.0 Å². The van der Waals surface area contributed by atoms with Crippen molar-refractivity contribution in [2.24, 2.45) is 10.9 Å². The molecule has 1 aromatic rings. The quantitative estimate of drug-likeness (QED) is 0.392. The molecule has 0 aromatic heterocycles. The Hall–Kier alpha value is -1.95. The highest BCUT2D eigenvalue weighted by Crippen LogP contribution is 2.29. The second-order valence-corrected chi connectivity index (χ2v) is 7.21. The number of nitrogens with one attached hydrogen (secondary N) is 2. The summed E-state index contributed by atoms with van der Waals surface area (Å²) < 4.78 is 10.7. The molecule has 1 atom stereocenters. The van der Waals surface area contributed by atoms with Crippen LogP contribution in [0.25, 0.3) is 0 Å². The number of ether oxygens (including phenoxy) is 2. The van der Waals surface area contributed by atoms with Crippen molar-refractivity contribution < 1.29 is 9.47 Å². The smallest absolute Gasteiger partial charge is 0.195 e. The Kier molecular flexibility index (Phi) is 9.25. The Morgan fingerprint density at radius 3 is 2.74 bits per heavy atom. The van der Waals surface area contributed by atoms with Crippen molar-refractivity contribution in [1.82, 2.24) is 10.2 Å². The van der Waals surface area contributed by atoms with E-state index in [2.05, 4.69) is 29.4 Å². The Labute approximate surface area is 164 Å².